The van der Waals surface area contributed by atoms with Gasteiger partial charge in [0.2, 0.25) is 10.0 Å². The number of hydrogen-bond acceptors (Lipinski definition) is 4. The lowest BCUT2D eigenvalue weighted by Gasteiger charge is -2.26. The Balaban J connectivity index is 2.19. The van der Waals surface area contributed by atoms with Gasteiger partial charge in [0.1, 0.15) is 0 Å². The summed E-state index contributed by atoms with van der Waals surface area (Å²) in [6.45, 7) is 0. The summed E-state index contributed by atoms with van der Waals surface area (Å²) >= 11 is 8.97. The number of nitrogens with one attached hydrogen (secondary N) is 1. The summed E-state index contributed by atoms with van der Waals surface area (Å²) in [6.07, 6.45) is 0. The Hall–Kier alpha value is -0.150. The molecule has 0 unspecified atom stereocenters. The van der Waals surface area contributed by atoms with E-state index in [2.05, 4.69) is 20.7 Å². The number of hydrogen-bond donors (Lipinski definition) is 1. The standard InChI is InChI=1S/C9H9BrClNO4S2/c10-8-2-1-7(3-9(8)11)18(15,16)12-6-4-17(13,14)5-6/h1-3,6,12H,4-5H2. The van der Waals surface area contributed by atoms with E-state index >= 15 is 0 Å². The van der Waals surface area contributed by atoms with E-state index in [1.165, 1.54) is 18.2 Å². The van der Waals surface area contributed by atoms with Crippen LogP contribution < -0.4 is 4.72 Å². The van der Waals surface area contributed by atoms with Crippen molar-refractivity contribution in [3.8, 4) is 0 Å². The molecular weight excluding hydrogens is 366 g/mol. The highest BCUT2D eigenvalue weighted by Crippen LogP contribution is 2.25. The van der Waals surface area contributed by atoms with Crippen LogP contribution in [0.1, 0.15) is 0 Å². The fourth-order valence-electron chi connectivity index (χ4n) is 1.56. The third kappa shape index (κ3) is 3.05. The van der Waals surface area contributed by atoms with Crippen molar-refractivity contribution >= 4 is 47.4 Å². The quantitative estimate of drug-likeness (QED) is 0.861. The minimum atomic E-state index is -3.73. The molecule has 0 saturated carbocycles. The van der Waals surface area contributed by atoms with Crippen molar-refractivity contribution in [2.24, 2.45) is 0 Å². The molecule has 1 heterocycles. The first-order valence-electron chi connectivity index (χ1n) is 4.87. The molecule has 1 N–H and O–H groups in total. The maximum absolute atomic E-state index is 11.9. The van der Waals surface area contributed by atoms with Gasteiger partial charge >= 0.3 is 0 Å². The van der Waals surface area contributed by atoms with Gasteiger partial charge in [0.05, 0.1) is 21.4 Å². The summed E-state index contributed by atoms with van der Waals surface area (Å²) in [5.74, 6) is -0.313. The molecule has 1 saturated heterocycles. The number of rotatable bonds is 3. The first-order valence-corrected chi connectivity index (χ1v) is 9.35. The molecule has 1 aliphatic heterocycles. The molecule has 0 bridgehead atoms. The van der Waals surface area contributed by atoms with Gasteiger partial charge in [0.15, 0.2) is 9.84 Å². The molecule has 1 aromatic rings. The average molecular weight is 375 g/mol. The number of halogens is 2. The third-order valence-electron chi connectivity index (χ3n) is 2.43. The van der Waals surface area contributed by atoms with Gasteiger partial charge in [-0.25, -0.2) is 21.6 Å². The van der Waals surface area contributed by atoms with Crippen LogP contribution in [0, 0.1) is 0 Å². The maximum atomic E-state index is 11.9. The van der Waals surface area contributed by atoms with Crippen LogP contribution in [0.15, 0.2) is 27.6 Å². The molecule has 0 aromatic heterocycles. The lowest BCUT2D eigenvalue weighted by Crippen LogP contribution is -2.52. The zero-order valence-electron chi connectivity index (χ0n) is 8.93. The molecule has 9 heteroatoms. The van der Waals surface area contributed by atoms with Gasteiger partial charge in [-0.15, -0.1) is 0 Å². The van der Waals surface area contributed by atoms with Crippen molar-refractivity contribution in [3.05, 3.63) is 27.7 Å². The van der Waals surface area contributed by atoms with E-state index in [0.29, 0.717) is 4.47 Å². The molecule has 0 aliphatic carbocycles. The molecule has 0 amide bonds. The lowest BCUT2D eigenvalue weighted by atomic mass is 10.4. The van der Waals surface area contributed by atoms with Gasteiger partial charge in [0.25, 0.3) is 0 Å². The SMILES string of the molecule is O=S1(=O)CC(NS(=O)(=O)c2ccc(Br)c(Cl)c2)C1. The third-order valence-corrected chi connectivity index (χ3v) is 7.00. The molecular formula is C9H9BrClNO4S2. The first-order chi connectivity index (χ1) is 8.20. The Kier molecular flexibility index (Phi) is 3.76. The van der Waals surface area contributed by atoms with E-state index < -0.39 is 25.9 Å². The van der Waals surface area contributed by atoms with Crippen molar-refractivity contribution in [3.63, 3.8) is 0 Å². The zero-order valence-corrected chi connectivity index (χ0v) is 12.9. The van der Waals surface area contributed by atoms with Crippen LogP contribution in [0.25, 0.3) is 0 Å². The van der Waals surface area contributed by atoms with E-state index in [1.54, 1.807) is 0 Å². The van der Waals surface area contributed by atoms with Crippen molar-refractivity contribution in [1.82, 2.24) is 4.72 Å². The van der Waals surface area contributed by atoms with Crippen molar-refractivity contribution < 1.29 is 16.8 Å². The molecule has 2 rings (SSSR count). The van der Waals surface area contributed by atoms with E-state index in [-0.39, 0.29) is 21.4 Å². The maximum Gasteiger partial charge on any atom is 0.240 e. The van der Waals surface area contributed by atoms with Crippen LogP contribution >= 0.6 is 27.5 Å². The number of sulfonamides is 1. The topological polar surface area (TPSA) is 80.3 Å². The minimum absolute atomic E-state index is 0.0139. The molecule has 0 atom stereocenters. The van der Waals surface area contributed by atoms with Crippen LogP contribution in [0.3, 0.4) is 0 Å². The highest BCUT2D eigenvalue weighted by atomic mass is 79.9. The van der Waals surface area contributed by atoms with Crippen LogP contribution in [0.2, 0.25) is 5.02 Å². The van der Waals surface area contributed by atoms with Gasteiger partial charge in [0, 0.05) is 10.5 Å². The predicted octanol–water partition coefficient (Wildman–Crippen LogP) is 1.18. The number of benzene rings is 1. The van der Waals surface area contributed by atoms with Gasteiger partial charge < -0.3 is 0 Å². The summed E-state index contributed by atoms with van der Waals surface area (Å²) in [4.78, 5) is 0.0139. The fourth-order valence-corrected chi connectivity index (χ4v) is 4.82. The normalized spacial score (nSPS) is 19.4. The summed E-state index contributed by atoms with van der Waals surface area (Å²) in [5, 5.41) is 0.277. The second-order valence-corrected chi connectivity index (χ2v) is 9.10. The average Bonchev–Trinajstić information content (AvgIpc) is 2.18. The summed E-state index contributed by atoms with van der Waals surface area (Å²) < 4.78 is 48.7. The first kappa shape index (κ1) is 14.3. The van der Waals surface area contributed by atoms with Crippen LogP contribution in [0.5, 0.6) is 0 Å². The summed E-state index contributed by atoms with van der Waals surface area (Å²) in [6, 6.07) is 3.67. The Morgan fingerprint density at radius 2 is 1.94 bits per heavy atom. The second kappa shape index (κ2) is 4.75. The van der Waals surface area contributed by atoms with Crippen molar-refractivity contribution in [2.45, 2.75) is 10.9 Å². The smallest absolute Gasteiger partial charge is 0.229 e. The molecule has 0 spiro atoms. The van der Waals surface area contributed by atoms with Crippen LogP contribution in [0.4, 0.5) is 0 Å². The van der Waals surface area contributed by atoms with Gasteiger partial charge in [-0.1, -0.05) is 11.6 Å². The number of sulfone groups is 1. The highest BCUT2D eigenvalue weighted by molar-refractivity contribution is 9.10. The Bertz CT molecular complexity index is 675. The van der Waals surface area contributed by atoms with Crippen LogP contribution in [-0.2, 0) is 19.9 Å². The highest BCUT2D eigenvalue weighted by Gasteiger charge is 2.36. The summed E-state index contributed by atoms with van der Waals surface area (Å²) in [7, 11) is -6.79. The Labute approximate surface area is 119 Å². The molecule has 1 aliphatic rings. The van der Waals surface area contributed by atoms with E-state index in [0.717, 1.165) is 0 Å². The Morgan fingerprint density at radius 3 is 2.44 bits per heavy atom. The van der Waals surface area contributed by atoms with Crippen molar-refractivity contribution in [2.75, 3.05) is 11.5 Å². The zero-order chi connectivity index (χ0) is 13.6. The summed E-state index contributed by atoms with van der Waals surface area (Å²) in [5.41, 5.74) is 0. The monoisotopic (exact) mass is 373 g/mol. The Morgan fingerprint density at radius 1 is 1.33 bits per heavy atom. The van der Waals surface area contributed by atoms with E-state index in [4.69, 9.17) is 11.6 Å². The van der Waals surface area contributed by atoms with Gasteiger partial charge in [-0.3, -0.25) is 0 Å². The molecule has 18 heavy (non-hydrogen) atoms. The minimum Gasteiger partial charge on any atom is -0.229 e. The van der Waals surface area contributed by atoms with Gasteiger partial charge in [-0.05, 0) is 34.1 Å². The van der Waals surface area contributed by atoms with E-state index in [9.17, 15) is 16.8 Å². The van der Waals surface area contributed by atoms with Crippen LogP contribution in [-0.4, -0.2) is 34.4 Å². The van der Waals surface area contributed by atoms with Crippen molar-refractivity contribution in [1.29, 1.82) is 0 Å². The van der Waals surface area contributed by atoms with E-state index in [1.807, 2.05) is 0 Å². The molecule has 1 fully saturated rings. The largest absolute Gasteiger partial charge is 0.240 e. The predicted molar refractivity (Wildman–Crippen MR) is 71.9 cm³/mol. The molecule has 5 nitrogen and oxygen atoms in total. The lowest BCUT2D eigenvalue weighted by molar-refractivity contribution is 0.536. The fraction of sp³-hybridized carbons (Fsp3) is 0.333. The van der Waals surface area contributed by atoms with Gasteiger partial charge in [-0.2, -0.15) is 0 Å². The second-order valence-electron chi connectivity index (χ2n) is 3.97. The molecule has 0 radical (unpaired) electrons. The molecule has 1 aromatic carbocycles. The molecule has 100 valence electrons.